The first-order chi connectivity index (χ1) is 14.5. The average molecular weight is 424 g/mol. The predicted molar refractivity (Wildman–Crippen MR) is 114 cm³/mol. The molecule has 0 amide bonds. The number of aromatic nitrogens is 2. The van der Waals surface area contributed by atoms with Gasteiger partial charge in [0.1, 0.15) is 0 Å². The minimum Gasteiger partial charge on any atom is -0.493 e. The first-order valence-corrected chi connectivity index (χ1v) is 10.5. The highest BCUT2D eigenvalue weighted by Gasteiger charge is 2.26. The van der Waals surface area contributed by atoms with Crippen LogP contribution >= 0.6 is 0 Å². The Morgan fingerprint density at radius 2 is 1.40 bits per heavy atom. The summed E-state index contributed by atoms with van der Waals surface area (Å²) in [5.41, 5.74) is 1.55. The van der Waals surface area contributed by atoms with E-state index in [2.05, 4.69) is 4.98 Å². The van der Waals surface area contributed by atoms with E-state index in [0.29, 0.717) is 33.8 Å². The zero-order valence-corrected chi connectivity index (χ0v) is 17.5. The molecular formula is C22H20N2O5S. The topological polar surface area (TPSA) is 79.7 Å². The average Bonchev–Trinajstić information content (AvgIpc) is 3.19. The van der Waals surface area contributed by atoms with Crippen molar-refractivity contribution in [2.45, 2.75) is 4.90 Å². The standard InChI is InChI=1S/C22H20N2O5S/c1-27-19-13-15(14-20(28-2)21(19)29-3)22-23-17-11-7-8-12-18(17)24(22)30(25,26)16-9-5-4-6-10-16/h4-14H,1-3H3. The summed E-state index contributed by atoms with van der Waals surface area (Å²) in [5, 5.41) is 0. The number of hydrogen-bond donors (Lipinski definition) is 0. The Hall–Kier alpha value is -3.52. The zero-order chi connectivity index (χ0) is 21.3. The fraction of sp³-hybridized carbons (Fsp3) is 0.136. The van der Waals surface area contributed by atoms with Gasteiger partial charge < -0.3 is 14.2 Å². The summed E-state index contributed by atoms with van der Waals surface area (Å²) in [6.45, 7) is 0. The second kappa shape index (κ2) is 7.72. The number of fused-ring (bicyclic) bond motifs is 1. The number of imidazole rings is 1. The van der Waals surface area contributed by atoms with Gasteiger partial charge in [-0.3, -0.25) is 0 Å². The highest BCUT2D eigenvalue weighted by molar-refractivity contribution is 7.90. The predicted octanol–water partition coefficient (Wildman–Crippen LogP) is 3.97. The van der Waals surface area contributed by atoms with Gasteiger partial charge in [-0.05, 0) is 36.4 Å². The van der Waals surface area contributed by atoms with Gasteiger partial charge >= 0.3 is 0 Å². The molecule has 0 aliphatic heterocycles. The van der Waals surface area contributed by atoms with E-state index >= 15 is 0 Å². The number of benzene rings is 3. The molecule has 0 N–H and O–H groups in total. The van der Waals surface area contributed by atoms with Gasteiger partial charge in [0, 0.05) is 5.56 Å². The molecule has 8 heteroatoms. The summed E-state index contributed by atoms with van der Waals surface area (Å²) in [4.78, 5) is 4.78. The molecule has 0 aliphatic rings. The van der Waals surface area contributed by atoms with Crippen molar-refractivity contribution < 1.29 is 22.6 Å². The van der Waals surface area contributed by atoms with Crippen LogP contribution in [0.15, 0.2) is 71.6 Å². The Morgan fingerprint density at radius 1 is 0.800 bits per heavy atom. The lowest BCUT2D eigenvalue weighted by molar-refractivity contribution is 0.324. The lowest BCUT2D eigenvalue weighted by atomic mass is 10.1. The fourth-order valence-electron chi connectivity index (χ4n) is 3.34. The molecule has 0 saturated carbocycles. The van der Waals surface area contributed by atoms with E-state index in [0.717, 1.165) is 0 Å². The number of para-hydroxylation sites is 2. The second-order valence-electron chi connectivity index (χ2n) is 6.42. The van der Waals surface area contributed by atoms with Crippen LogP contribution in [0.4, 0.5) is 0 Å². The van der Waals surface area contributed by atoms with Gasteiger partial charge in [-0.25, -0.2) is 17.4 Å². The molecule has 0 saturated heterocycles. The molecule has 0 aliphatic carbocycles. The summed E-state index contributed by atoms with van der Waals surface area (Å²) < 4.78 is 44.6. The van der Waals surface area contributed by atoms with E-state index in [1.807, 2.05) is 6.07 Å². The van der Waals surface area contributed by atoms with Gasteiger partial charge in [-0.2, -0.15) is 0 Å². The third kappa shape index (κ3) is 3.15. The van der Waals surface area contributed by atoms with E-state index in [1.165, 1.54) is 25.3 Å². The van der Waals surface area contributed by atoms with Crippen LogP contribution in [0.3, 0.4) is 0 Å². The zero-order valence-electron chi connectivity index (χ0n) is 16.7. The molecule has 30 heavy (non-hydrogen) atoms. The molecule has 1 heterocycles. The quantitative estimate of drug-likeness (QED) is 0.466. The largest absolute Gasteiger partial charge is 0.493 e. The maximum absolute atomic E-state index is 13.6. The minimum atomic E-state index is -3.91. The summed E-state index contributed by atoms with van der Waals surface area (Å²) in [6.07, 6.45) is 0. The molecule has 154 valence electrons. The molecule has 0 radical (unpaired) electrons. The Kier molecular flexibility index (Phi) is 5.09. The molecule has 0 unspecified atom stereocenters. The molecule has 0 spiro atoms. The molecule has 7 nitrogen and oxygen atoms in total. The van der Waals surface area contributed by atoms with Gasteiger partial charge in [-0.15, -0.1) is 0 Å². The highest BCUT2D eigenvalue weighted by Crippen LogP contribution is 2.42. The Labute approximate surface area is 174 Å². The van der Waals surface area contributed by atoms with Crippen molar-refractivity contribution in [2.75, 3.05) is 21.3 Å². The monoisotopic (exact) mass is 424 g/mol. The van der Waals surface area contributed by atoms with Crippen molar-refractivity contribution in [2.24, 2.45) is 0 Å². The third-order valence-electron chi connectivity index (χ3n) is 4.72. The third-order valence-corrected chi connectivity index (χ3v) is 6.44. The number of hydrogen-bond acceptors (Lipinski definition) is 6. The summed E-state index contributed by atoms with van der Waals surface area (Å²) >= 11 is 0. The maximum atomic E-state index is 13.6. The van der Waals surface area contributed by atoms with E-state index < -0.39 is 10.0 Å². The van der Waals surface area contributed by atoms with Crippen LogP contribution in [0.5, 0.6) is 17.2 Å². The summed E-state index contributed by atoms with van der Waals surface area (Å²) in [7, 11) is 0.604. The fourth-order valence-corrected chi connectivity index (χ4v) is 4.84. The molecule has 1 aromatic heterocycles. The lowest BCUT2D eigenvalue weighted by Crippen LogP contribution is -2.14. The molecular weight excluding hydrogens is 404 g/mol. The molecule has 0 atom stereocenters. The number of rotatable bonds is 6. The van der Waals surface area contributed by atoms with E-state index in [4.69, 9.17) is 14.2 Å². The minimum absolute atomic E-state index is 0.168. The Balaban J connectivity index is 2.06. The van der Waals surface area contributed by atoms with Crippen LogP contribution in [0.1, 0.15) is 0 Å². The lowest BCUT2D eigenvalue weighted by Gasteiger charge is -2.15. The smallest absolute Gasteiger partial charge is 0.269 e. The maximum Gasteiger partial charge on any atom is 0.269 e. The van der Waals surface area contributed by atoms with Crippen molar-refractivity contribution in [1.29, 1.82) is 0 Å². The molecule has 3 aromatic carbocycles. The van der Waals surface area contributed by atoms with Crippen molar-refractivity contribution >= 4 is 21.1 Å². The Bertz CT molecular complexity index is 1290. The molecule has 0 fully saturated rings. The van der Waals surface area contributed by atoms with E-state index in [-0.39, 0.29) is 10.7 Å². The van der Waals surface area contributed by atoms with Gasteiger partial charge in [-0.1, -0.05) is 30.3 Å². The molecule has 4 rings (SSSR count). The first-order valence-electron chi connectivity index (χ1n) is 9.09. The van der Waals surface area contributed by atoms with Crippen LogP contribution in [0.2, 0.25) is 0 Å². The van der Waals surface area contributed by atoms with Gasteiger partial charge in [0.25, 0.3) is 10.0 Å². The van der Waals surface area contributed by atoms with Gasteiger partial charge in [0.05, 0.1) is 37.3 Å². The van der Waals surface area contributed by atoms with Crippen LogP contribution < -0.4 is 14.2 Å². The first kappa shape index (κ1) is 19.8. The highest BCUT2D eigenvalue weighted by atomic mass is 32.2. The van der Waals surface area contributed by atoms with Gasteiger partial charge in [0.2, 0.25) is 5.75 Å². The van der Waals surface area contributed by atoms with Crippen molar-refractivity contribution in [3.8, 4) is 28.6 Å². The summed E-state index contributed by atoms with van der Waals surface area (Å²) in [5.74, 6) is 1.47. The van der Waals surface area contributed by atoms with Crippen molar-refractivity contribution in [1.82, 2.24) is 8.96 Å². The number of methoxy groups -OCH3 is 3. The second-order valence-corrected chi connectivity index (χ2v) is 8.21. The summed E-state index contributed by atoms with van der Waals surface area (Å²) in [6, 6.07) is 18.7. The number of nitrogens with zero attached hydrogens (tertiary/aromatic N) is 2. The normalized spacial score (nSPS) is 11.4. The molecule has 4 aromatic rings. The van der Waals surface area contributed by atoms with Gasteiger partial charge in [0.15, 0.2) is 17.3 Å². The number of ether oxygens (including phenoxy) is 3. The van der Waals surface area contributed by atoms with E-state index in [1.54, 1.807) is 60.7 Å². The van der Waals surface area contributed by atoms with Crippen molar-refractivity contribution in [3.05, 3.63) is 66.7 Å². The van der Waals surface area contributed by atoms with Crippen LogP contribution in [0, 0.1) is 0 Å². The Morgan fingerprint density at radius 3 is 2.00 bits per heavy atom. The molecule has 0 bridgehead atoms. The van der Waals surface area contributed by atoms with Crippen molar-refractivity contribution in [3.63, 3.8) is 0 Å². The van der Waals surface area contributed by atoms with Crippen LogP contribution in [0.25, 0.3) is 22.4 Å². The van der Waals surface area contributed by atoms with Crippen LogP contribution in [-0.4, -0.2) is 38.7 Å². The van der Waals surface area contributed by atoms with E-state index in [9.17, 15) is 8.42 Å². The SMILES string of the molecule is COc1cc(-c2nc3ccccc3n2S(=O)(=O)c2ccccc2)cc(OC)c1OC. The van der Waals surface area contributed by atoms with Crippen LogP contribution in [-0.2, 0) is 10.0 Å².